The molecule has 0 saturated carbocycles. The minimum absolute atomic E-state index is 0. The Hall–Kier alpha value is -1.50. The van der Waals surface area contributed by atoms with E-state index in [1.54, 1.807) is 23.5 Å². The molecule has 0 bridgehead atoms. The van der Waals surface area contributed by atoms with Crippen molar-refractivity contribution >= 4 is 29.7 Å². The van der Waals surface area contributed by atoms with E-state index in [-0.39, 0.29) is 30.2 Å². The van der Waals surface area contributed by atoms with Crippen molar-refractivity contribution in [3.63, 3.8) is 0 Å². The van der Waals surface area contributed by atoms with Crippen LogP contribution in [0.15, 0.2) is 24.3 Å². The van der Waals surface area contributed by atoms with E-state index in [1.165, 1.54) is 12.1 Å². The zero-order valence-corrected chi connectivity index (χ0v) is 16.9. The number of aromatic nitrogens is 1. The van der Waals surface area contributed by atoms with Gasteiger partial charge in [0.05, 0.1) is 16.6 Å². The molecule has 0 radical (unpaired) electrons. The molecule has 2 rings (SSSR count). The summed E-state index contributed by atoms with van der Waals surface area (Å²) in [5.74, 6) is -0.194. The number of amides is 1. The van der Waals surface area contributed by atoms with Crippen molar-refractivity contribution in [3.05, 3.63) is 40.7 Å². The van der Waals surface area contributed by atoms with Crippen molar-refractivity contribution in [1.82, 2.24) is 10.3 Å². The van der Waals surface area contributed by atoms with Gasteiger partial charge in [-0.2, -0.15) is 0 Å². The lowest BCUT2D eigenvalue weighted by Gasteiger charge is -2.12. The number of carbonyl (C=O) groups excluding carboxylic acids is 1. The summed E-state index contributed by atoms with van der Waals surface area (Å²) in [5, 5.41) is 3.89. The van der Waals surface area contributed by atoms with Crippen LogP contribution in [0.5, 0.6) is 0 Å². The largest absolute Gasteiger partial charge is 0.349 e. The van der Waals surface area contributed by atoms with Gasteiger partial charge in [0, 0.05) is 12.0 Å². The van der Waals surface area contributed by atoms with E-state index in [4.69, 9.17) is 5.73 Å². The standard InChI is InChI=1S/C19H26FN3OS.ClH/c1-13(22-17(24)7-5-3-4-6-12-21)18-14(2)23-19(25-18)15-8-10-16(20)11-9-15;/h8-11,13H,3-7,12,21H2,1-2H3,(H,22,24);1H. The molecule has 0 spiro atoms. The highest BCUT2D eigenvalue weighted by Crippen LogP contribution is 2.31. The number of carbonyl (C=O) groups is 1. The molecule has 2 aromatic rings. The zero-order chi connectivity index (χ0) is 18.2. The summed E-state index contributed by atoms with van der Waals surface area (Å²) < 4.78 is 13.1. The van der Waals surface area contributed by atoms with E-state index in [0.717, 1.165) is 46.8 Å². The predicted octanol–water partition coefficient (Wildman–Crippen LogP) is 4.77. The first kappa shape index (κ1) is 22.5. The third-order valence-electron chi connectivity index (χ3n) is 4.05. The molecule has 1 heterocycles. The van der Waals surface area contributed by atoms with Gasteiger partial charge in [-0.1, -0.05) is 12.8 Å². The first-order valence-electron chi connectivity index (χ1n) is 8.74. The van der Waals surface area contributed by atoms with E-state index in [2.05, 4.69) is 10.3 Å². The number of thiazole rings is 1. The first-order chi connectivity index (χ1) is 12.0. The number of nitrogens with one attached hydrogen (secondary N) is 1. The number of unbranched alkanes of at least 4 members (excludes halogenated alkanes) is 3. The van der Waals surface area contributed by atoms with Gasteiger partial charge in [0.25, 0.3) is 0 Å². The third-order valence-corrected chi connectivity index (χ3v) is 5.44. The molecular weight excluding hydrogens is 373 g/mol. The number of hydrogen-bond donors (Lipinski definition) is 2. The van der Waals surface area contributed by atoms with Crippen molar-refractivity contribution in [2.45, 2.75) is 52.0 Å². The molecule has 0 aliphatic rings. The second kappa shape index (κ2) is 11.3. The van der Waals surface area contributed by atoms with Crippen molar-refractivity contribution < 1.29 is 9.18 Å². The van der Waals surface area contributed by atoms with Crippen LogP contribution in [0.3, 0.4) is 0 Å². The molecule has 144 valence electrons. The Kier molecular flexibility index (Phi) is 9.76. The van der Waals surface area contributed by atoms with Gasteiger partial charge in [0.2, 0.25) is 5.91 Å². The summed E-state index contributed by atoms with van der Waals surface area (Å²) in [6, 6.07) is 6.23. The van der Waals surface area contributed by atoms with E-state index < -0.39 is 0 Å². The van der Waals surface area contributed by atoms with E-state index in [9.17, 15) is 9.18 Å². The molecule has 0 aliphatic carbocycles. The quantitative estimate of drug-likeness (QED) is 0.597. The Balaban J connectivity index is 0.00000338. The van der Waals surface area contributed by atoms with Gasteiger partial charge >= 0.3 is 0 Å². The lowest BCUT2D eigenvalue weighted by atomic mass is 10.1. The van der Waals surface area contributed by atoms with E-state index in [1.807, 2.05) is 13.8 Å². The van der Waals surface area contributed by atoms with Gasteiger partial charge in [-0.3, -0.25) is 4.79 Å². The Bertz CT molecular complexity index is 691. The Morgan fingerprint density at radius 1 is 1.23 bits per heavy atom. The molecule has 0 aliphatic heterocycles. The Morgan fingerprint density at radius 3 is 2.54 bits per heavy atom. The normalized spacial score (nSPS) is 11.7. The number of hydrogen-bond acceptors (Lipinski definition) is 4. The fourth-order valence-electron chi connectivity index (χ4n) is 2.69. The topological polar surface area (TPSA) is 68.0 Å². The predicted molar refractivity (Wildman–Crippen MR) is 108 cm³/mol. The Morgan fingerprint density at radius 2 is 1.88 bits per heavy atom. The molecule has 3 N–H and O–H groups in total. The number of benzene rings is 1. The summed E-state index contributed by atoms with van der Waals surface area (Å²) in [7, 11) is 0. The summed E-state index contributed by atoms with van der Waals surface area (Å²) >= 11 is 1.54. The molecule has 1 amide bonds. The van der Waals surface area contributed by atoms with Gasteiger partial charge in [-0.15, -0.1) is 23.7 Å². The Labute approximate surface area is 164 Å². The second-order valence-electron chi connectivity index (χ2n) is 6.22. The average Bonchev–Trinajstić information content (AvgIpc) is 2.97. The summed E-state index contributed by atoms with van der Waals surface area (Å²) in [6.07, 6.45) is 4.56. The number of nitrogens with two attached hydrogens (primary N) is 1. The molecule has 1 aromatic carbocycles. The monoisotopic (exact) mass is 399 g/mol. The summed E-state index contributed by atoms with van der Waals surface area (Å²) in [5.41, 5.74) is 7.25. The summed E-state index contributed by atoms with van der Waals surface area (Å²) in [4.78, 5) is 17.7. The van der Waals surface area contributed by atoms with Crippen LogP contribution in [0, 0.1) is 12.7 Å². The van der Waals surface area contributed by atoms with Gasteiger partial charge < -0.3 is 11.1 Å². The van der Waals surface area contributed by atoms with Gasteiger partial charge in [-0.05, 0) is 57.5 Å². The zero-order valence-electron chi connectivity index (χ0n) is 15.3. The highest BCUT2D eigenvalue weighted by Gasteiger charge is 2.17. The van der Waals surface area contributed by atoms with Gasteiger partial charge in [0.1, 0.15) is 10.8 Å². The van der Waals surface area contributed by atoms with Gasteiger partial charge in [-0.25, -0.2) is 9.37 Å². The fraction of sp³-hybridized carbons (Fsp3) is 0.474. The molecule has 0 fully saturated rings. The maximum absolute atomic E-state index is 13.1. The first-order valence-corrected chi connectivity index (χ1v) is 9.55. The van der Waals surface area contributed by atoms with Crippen LogP contribution >= 0.6 is 23.7 Å². The molecular formula is C19H27ClFN3OS. The van der Waals surface area contributed by atoms with Crippen LogP contribution < -0.4 is 11.1 Å². The SMILES string of the molecule is Cc1nc(-c2ccc(F)cc2)sc1C(C)NC(=O)CCCCCCN.Cl. The van der Waals surface area contributed by atoms with Crippen LogP contribution in [-0.2, 0) is 4.79 Å². The molecule has 1 unspecified atom stereocenters. The van der Waals surface area contributed by atoms with Crippen LogP contribution in [0.4, 0.5) is 4.39 Å². The summed E-state index contributed by atoms with van der Waals surface area (Å²) in [6.45, 7) is 4.62. The van der Waals surface area contributed by atoms with Crippen LogP contribution in [0.25, 0.3) is 10.6 Å². The number of nitrogens with zero attached hydrogens (tertiary/aromatic N) is 1. The smallest absolute Gasteiger partial charge is 0.220 e. The molecule has 1 atom stereocenters. The van der Waals surface area contributed by atoms with Crippen molar-refractivity contribution in [3.8, 4) is 10.6 Å². The van der Waals surface area contributed by atoms with E-state index in [0.29, 0.717) is 13.0 Å². The molecule has 0 saturated heterocycles. The minimum Gasteiger partial charge on any atom is -0.349 e. The van der Waals surface area contributed by atoms with Crippen molar-refractivity contribution in [1.29, 1.82) is 0 Å². The minimum atomic E-state index is -0.260. The second-order valence-corrected chi connectivity index (χ2v) is 7.25. The molecule has 1 aromatic heterocycles. The lowest BCUT2D eigenvalue weighted by Crippen LogP contribution is -2.26. The van der Waals surface area contributed by atoms with Crippen LogP contribution in [0.1, 0.15) is 55.6 Å². The van der Waals surface area contributed by atoms with E-state index >= 15 is 0 Å². The molecule has 4 nitrogen and oxygen atoms in total. The highest BCUT2D eigenvalue weighted by atomic mass is 35.5. The average molecular weight is 400 g/mol. The molecule has 7 heteroatoms. The number of rotatable bonds is 9. The maximum Gasteiger partial charge on any atom is 0.220 e. The number of halogens is 2. The molecule has 26 heavy (non-hydrogen) atoms. The van der Waals surface area contributed by atoms with Crippen LogP contribution in [-0.4, -0.2) is 17.4 Å². The van der Waals surface area contributed by atoms with Gasteiger partial charge in [0.15, 0.2) is 0 Å². The van der Waals surface area contributed by atoms with Crippen molar-refractivity contribution in [2.75, 3.05) is 6.54 Å². The fourth-order valence-corrected chi connectivity index (χ4v) is 3.76. The number of aryl methyl sites for hydroxylation is 1. The van der Waals surface area contributed by atoms with Crippen LogP contribution in [0.2, 0.25) is 0 Å². The highest BCUT2D eigenvalue weighted by molar-refractivity contribution is 7.15. The lowest BCUT2D eigenvalue weighted by molar-refractivity contribution is -0.121. The third kappa shape index (κ3) is 6.67. The van der Waals surface area contributed by atoms with Crippen molar-refractivity contribution in [2.24, 2.45) is 5.73 Å². The maximum atomic E-state index is 13.1.